The Balaban J connectivity index is 2.50. The number of hydrogen-bond donors (Lipinski definition) is 1. The molecule has 0 aliphatic rings. The van der Waals surface area contributed by atoms with Gasteiger partial charge in [0, 0.05) is 23.8 Å². The van der Waals surface area contributed by atoms with E-state index >= 15 is 0 Å². The van der Waals surface area contributed by atoms with Crippen molar-refractivity contribution in [2.24, 2.45) is 0 Å². The lowest BCUT2D eigenvalue weighted by atomic mass is 10.3. The van der Waals surface area contributed by atoms with Gasteiger partial charge in [0.05, 0.1) is 6.54 Å². The van der Waals surface area contributed by atoms with Gasteiger partial charge in [-0.25, -0.2) is 4.79 Å². The van der Waals surface area contributed by atoms with Crippen LogP contribution in [-0.4, -0.2) is 25.0 Å². The average Bonchev–Trinajstić information content (AvgIpc) is 2.42. The third-order valence-electron chi connectivity index (χ3n) is 2.04. The van der Waals surface area contributed by atoms with Crippen molar-refractivity contribution in [2.75, 3.05) is 14.1 Å². The van der Waals surface area contributed by atoms with Crippen LogP contribution in [0.3, 0.4) is 0 Å². The lowest BCUT2D eigenvalue weighted by molar-refractivity contribution is 0.217. The number of carbonyl (C=O) groups excluding carboxylic acids is 1. The molecule has 0 bridgehead atoms. The molecule has 1 heterocycles. The van der Waals surface area contributed by atoms with E-state index in [2.05, 4.69) is 25.2 Å². The Hall–Kier alpha value is -1.03. The Kier molecular flexibility index (Phi) is 3.52. The van der Waals surface area contributed by atoms with Crippen molar-refractivity contribution in [3.63, 3.8) is 0 Å². The minimum atomic E-state index is -0.0475. The molecule has 1 N–H and O–H groups in total. The van der Waals surface area contributed by atoms with Crippen molar-refractivity contribution < 1.29 is 4.79 Å². The van der Waals surface area contributed by atoms with Crippen LogP contribution >= 0.6 is 11.3 Å². The summed E-state index contributed by atoms with van der Waals surface area (Å²) in [5, 5.41) is 2.84. The largest absolute Gasteiger partial charge is 0.333 e. The highest BCUT2D eigenvalue weighted by atomic mass is 32.1. The summed E-state index contributed by atoms with van der Waals surface area (Å²) >= 11 is 1.73. The molecule has 0 unspecified atom stereocenters. The van der Waals surface area contributed by atoms with Crippen LogP contribution in [0.15, 0.2) is 6.07 Å². The maximum Gasteiger partial charge on any atom is 0.317 e. The molecule has 0 atom stereocenters. The van der Waals surface area contributed by atoms with Gasteiger partial charge in [-0.3, -0.25) is 0 Å². The second kappa shape index (κ2) is 4.46. The van der Waals surface area contributed by atoms with E-state index in [9.17, 15) is 4.79 Å². The molecule has 0 aliphatic heterocycles. The minimum absolute atomic E-state index is 0.0475. The number of amides is 2. The van der Waals surface area contributed by atoms with Gasteiger partial charge < -0.3 is 10.2 Å². The van der Waals surface area contributed by atoms with Gasteiger partial charge in [0.1, 0.15) is 0 Å². The predicted octanol–water partition coefficient (Wildman–Crippen LogP) is 2.14. The molecule has 4 heteroatoms. The highest BCUT2D eigenvalue weighted by molar-refractivity contribution is 7.12. The van der Waals surface area contributed by atoms with E-state index in [4.69, 9.17) is 0 Å². The third-order valence-corrected chi connectivity index (χ3v) is 3.19. The van der Waals surface area contributed by atoms with E-state index in [1.807, 2.05) is 0 Å². The molecule has 1 aromatic heterocycles. The molecule has 14 heavy (non-hydrogen) atoms. The summed E-state index contributed by atoms with van der Waals surface area (Å²) in [6, 6.07) is 2.07. The molecule has 2 amide bonds. The van der Waals surface area contributed by atoms with Gasteiger partial charge in [0.15, 0.2) is 0 Å². The summed E-state index contributed by atoms with van der Waals surface area (Å²) in [6.07, 6.45) is 0. The summed E-state index contributed by atoms with van der Waals surface area (Å²) in [5.74, 6) is 0. The molecule has 0 saturated carbocycles. The zero-order valence-corrected chi connectivity index (χ0v) is 9.86. The molecule has 0 radical (unpaired) electrons. The van der Waals surface area contributed by atoms with Gasteiger partial charge in [-0.05, 0) is 25.5 Å². The van der Waals surface area contributed by atoms with Crippen molar-refractivity contribution in [1.29, 1.82) is 0 Å². The van der Waals surface area contributed by atoms with E-state index in [1.165, 1.54) is 20.2 Å². The Morgan fingerprint density at radius 2 is 2.14 bits per heavy atom. The Morgan fingerprint density at radius 3 is 2.57 bits per heavy atom. The number of aryl methyl sites for hydroxylation is 2. The molecular formula is C10H16N2OS. The van der Waals surface area contributed by atoms with Crippen molar-refractivity contribution in [1.82, 2.24) is 10.2 Å². The lowest BCUT2D eigenvalue weighted by Gasteiger charge is -2.10. The number of rotatable bonds is 2. The molecule has 0 saturated heterocycles. The molecule has 0 spiro atoms. The van der Waals surface area contributed by atoms with Gasteiger partial charge in [0.25, 0.3) is 0 Å². The van der Waals surface area contributed by atoms with Crippen molar-refractivity contribution in [3.05, 3.63) is 21.4 Å². The molecule has 1 rings (SSSR count). The van der Waals surface area contributed by atoms with Gasteiger partial charge >= 0.3 is 6.03 Å². The summed E-state index contributed by atoms with van der Waals surface area (Å²) in [5.41, 5.74) is 1.30. The zero-order valence-electron chi connectivity index (χ0n) is 9.05. The molecule has 1 aromatic rings. The first-order valence-corrected chi connectivity index (χ1v) is 5.33. The fourth-order valence-electron chi connectivity index (χ4n) is 1.06. The van der Waals surface area contributed by atoms with E-state index in [0.29, 0.717) is 6.54 Å². The van der Waals surface area contributed by atoms with Gasteiger partial charge in [0.2, 0.25) is 0 Å². The van der Waals surface area contributed by atoms with Crippen LogP contribution in [0, 0.1) is 13.8 Å². The highest BCUT2D eigenvalue weighted by Crippen LogP contribution is 2.20. The first-order valence-electron chi connectivity index (χ1n) is 4.51. The van der Waals surface area contributed by atoms with Crippen molar-refractivity contribution in [2.45, 2.75) is 20.4 Å². The number of nitrogens with zero attached hydrogens (tertiary/aromatic N) is 1. The molecule has 0 aromatic carbocycles. The van der Waals surface area contributed by atoms with Crippen LogP contribution in [0.5, 0.6) is 0 Å². The number of thiophene rings is 1. The van der Waals surface area contributed by atoms with E-state index in [-0.39, 0.29) is 6.03 Å². The Morgan fingerprint density at radius 1 is 1.50 bits per heavy atom. The summed E-state index contributed by atoms with van der Waals surface area (Å²) in [6.45, 7) is 4.80. The van der Waals surface area contributed by atoms with Crippen LogP contribution in [0.25, 0.3) is 0 Å². The first kappa shape index (κ1) is 11.0. The quantitative estimate of drug-likeness (QED) is 0.800. The SMILES string of the molecule is Cc1cc(CNC(=O)N(C)C)sc1C. The van der Waals surface area contributed by atoms with Crippen LogP contribution in [0.1, 0.15) is 15.3 Å². The predicted molar refractivity (Wildman–Crippen MR) is 59.7 cm³/mol. The average molecular weight is 212 g/mol. The monoisotopic (exact) mass is 212 g/mol. The first-order chi connectivity index (χ1) is 6.50. The van der Waals surface area contributed by atoms with Gasteiger partial charge in [-0.2, -0.15) is 0 Å². The van der Waals surface area contributed by atoms with Crippen LogP contribution in [0.2, 0.25) is 0 Å². The Labute approximate surface area is 88.7 Å². The van der Waals surface area contributed by atoms with E-state index in [1.54, 1.807) is 25.4 Å². The van der Waals surface area contributed by atoms with Crippen molar-refractivity contribution >= 4 is 17.4 Å². The van der Waals surface area contributed by atoms with Gasteiger partial charge in [-0.1, -0.05) is 0 Å². The second-order valence-electron chi connectivity index (χ2n) is 3.51. The molecule has 78 valence electrons. The van der Waals surface area contributed by atoms with Crippen LogP contribution in [-0.2, 0) is 6.54 Å². The summed E-state index contributed by atoms with van der Waals surface area (Å²) in [4.78, 5) is 15.3. The fourth-order valence-corrected chi connectivity index (χ4v) is 2.05. The van der Waals surface area contributed by atoms with Crippen LogP contribution < -0.4 is 5.32 Å². The van der Waals surface area contributed by atoms with Gasteiger partial charge in [-0.15, -0.1) is 11.3 Å². The standard InChI is InChI=1S/C10H16N2OS/c1-7-5-9(14-8(7)2)6-11-10(13)12(3)4/h5H,6H2,1-4H3,(H,11,13). The van der Waals surface area contributed by atoms with Crippen molar-refractivity contribution in [3.8, 4) is 0 Å². The number of hydrogen-bond acceptors (Lipinski definition) is 2. The second-order valence-corrected chi connectivity index (χ2v) is 4.85. The maximum atomic E-state index is 11.2. The summed E-state index contributed by atoms with van der Waals surface area (Å²) in [7, 11) is 3.47. The van der Waals surface area contributed by atoms with E-state index < -0.39 is 0 Å². The molecule has 0 fully saturated rings. The minimum Gasteiger partial charge on any atom is -0.333 e. The number of nitrogens with one attached hydrogen (secondary N) is 1. The van der Waals surface area contributed by atoms with E-state index in [0.717, 1.165) is 0 Å². The molecule has 3 nitrogen and oxygen atoms in total. The van der Waals surface area contributed by atoms with Crippen LogP contribution in [0.4, 0.5) is 4.79 Å². The smallest absolute Gasteiger partial charge is 0.317 e. The number of carbonyl (C=O) groups is 1. The highest BCUT2D eigenvalue weighted by Gasteiger charge is 2.05. The topological polar surface area (TPSA) is 32.3 Å². The normalized spacial score (nSPS) is 10.0. The third kappa shape index (κ3) is 2.73. The fraction of sp³-hybridized carbons (Fsp3) is 0.500. The molecule has 0 aliphatic carbocycles. The summed E-state index contributed by atoms with van der Waals surface area (Å²) < 4.78 is 0. The number of urea groups is 1. The Bertz CT molecular complexity index is 311. The molecular weight excluding hydrogens is 196 g/mol. The maximum absolute atomic E-state index is 11.2. The zero-order chi connectivity index (χ0) is 10.7. The lowest BCUT2D eigenvalue weighted by Crippen LogP contribution is -2.33.